The molecule has 176 valence electrons. The third-order valence-corrected chi connectivity index (χ3v) is 6.68. The van der Waals surface area contributed by atoms with Crippen molar-refractivity contribution < 1.29 is 4.79 Å². The third kappa shape index (κ3) is 3.78. The van der Waals surface area contributed by atoms with Crippen LogP contribution in [0.1, 0.15) is 17.8 Å². The van der Waals surface area contributed by atoms with Gasteiger partial charge in [0.2, 0.25) is 0 Å². The van der Waals surface area contributed by atoms with Crippen LogP contribution in [0.2, 0.25) is 0 Å². The maximum absolute atomic E-state index is 13.6. The zero-order chi connectivity index (χ0) is 24.1. The van der Waals surface area contributed by atoms with Gasteiger partial charge in [0, 0.05) is 55.5 Å². The molecule has 0 spiro atoms. The van der Waals surface area contributed by atoms with Crippen LogP contribution in [0.5, 0.6) is 0 Å². The van der Waals surface area contributed by atoms with E-state index in [1.165, 1.54) is 0 Å². The quantitative estimate of drug-likeness (QED) is 0.487. The first-order chi connectivity index (χ1) is 17.0. The highest BCUT2D eigenvalue weighted by molar-refractivity contribution is 6.04. The first-order valence-corrected chi connectivity index (χ1v) is 11.7. The van der Waals surface area contributed by atoms with Crippen LogP contribution in [0, 0.1) is 13.8 Å². The molecule has 1 saturated heterocycles. The number of anilines is 3. The van der Waals surface area contributed by atoms with Gasteiger partial charge < -0.3 is 4.90 Å². The van der Waals surface area contributed by atoms with Crippen LogP contribution in [0.15, 0.2) is 55.0 Å². The molecule has 0 aromatic carbocycles. The number of aromatic nitrogens is 5. The topological polar surface area (TPSA) is 92.1 Å². The van der Waals surface area contributed by atoms with Crippen molar-refractivity contribution in [3.05, 3.63) is 66.4 Å². The fourth-order valence-corrected chi connectivity index (χ4v) is 5.06. The summed E-state index contributed by atoms with van der Waals surface area (Å²) in [6.45, 7) is 5.64. The van der Waals surface area contributed by atoms with Gasteiger partial charge in [0.1, 0.15) is 5.82 Å². The van der Waals surface area contributed by atoms with Crippen LogP contribution in [-0.4, -0.2) is 49.9 Å². The second-order valence-corrected chi connectivity index (χ2v) is 9.15. The monoisotopic (exact) mass is 466 g/mol. The Morgan fingerprint density at radius 3 is 2.69 bits per heavy atom. The molecule has 2 amide bonds. The molecule has 0 aliphatic carbocycles. The van der Waals surface area contributed by atoms with Crippen LogP contribution in [0.4, 0.5) is 22.1 Å². The predicted octanol–water partition coefficient (Wildman–Crippen LogP) is 4.19. The van der Waals surface area contributed by atoms with Crippen molar-refractivity contribution in [2.45, 2.75) is 26.3 Å². The summed E-state index contributed by atoms with van der Waals surface area (Å²) < 4.78 is 1.79. The maximum atomic E-state index is 13.6. The standard InChI is InChI=1S/C26H26N8O/c1-16-12-19(7-9-27-16)22-4-5-23-25(29-22)34(20-8-11-33(23)14-20)26(35)30-24-13-18(6-10-28-24)21-15-32(3)31-17(21)2/h4-7,9-10,12-13,15,20H,8,11,14H2,1-3H3,(H,28,30,35)/t20-/m0/s1. The van der Waals surface area contributed by atoms with E-state index >= 15 is 0 Å². The first-order valence-electron chi connectivity index (χ1n) is 11.7. The molecule has 1 atom stereocenters. The van der Waals surface area contributed by atoms with Crippen molar-refractivity contribution >= 4 is 23.4 Å². The fraction of sp³-hybridized carbons (Fsp3) is 0.269. The number of rotatable bonds is 3. The van der Waals surface area contributed by atoms with E-state index < -0.39 is 0 Å². The van der Waals surface area contributed by atoms with Gasteiger partial charge in [0.25, 0.3) is 0 Å². The van der Waals surface area contributed by atoms with Gasteiger partial charge in [-0.1, -0.05) is 0 Å². The second-order valence-electron chi connectivity index (χ2n) is 9.15. The lowest BCUT2D eigenvalue weighted by Crippen LogP contribution is -2.48. The Balaban J connectivity index is 1.34. The molecule has 4 aromatic rings. The van der Waals surface area contributed by atoms with Gasteiger partial charge in [-0.3, -0.25) is 19.9 Å². The van der Waals surface area contributed by atoms with Crippen molar-refractivity contribution in [3.8, 4) is 22.4 Å². The molecule has 0 unspecified atom stereocenters. The Morgan fingerprint density at radius 1 is 1.06 bits per heavy atom. The second kappa shape index (κ2) is 8.19. The summed E-state index contributed by atoms with van der Waals surface area (Å²) in [6, 6.07) is 11.7. The van der Waals surface area contributed by atoms with Crippen molar-refractivity contribution in [3.63, 3.8) is 0 Å². The smallest absolute Gasteiger partial charge is 0.329 e. The molecule has 35 heavy (non-hydrogen) atoms. The summed E-state index contributed by atoms with van der Waals surface area (Å²) in [5.41, 5.74) is 6.61. The molecule has 1 N–H and O–H groups in total. The number of hydrogen-bond acceptors (Lipinski definition) is 6. The Bertz CT molecular complexity index is 1450. The molecule has 0 radical (unpaired) electrons. The minimum atomic E-state index is -0.221. The molecule has 6 rings (SSSR count). The summed E-state index contributed by atoms with van der Waals surface area (Å²) in [4.78, 5) is 31.4. The molecular formula is C26H26N8O. The van der Waals surface area contributed by atoms with Gasteiger partial charge in [-0.15, -0.1) is 0 Å². The largest absolute Gasteiger partial charge is 0.366 e. The molecule has 4 aromatic heterocycles. The number of pyridine rings is 3. The van der Waals surface area contributed by atoms with Crippen LogP contribution in [0.3, 0.4) is 0 Å². The molecule has 2 bridgehead atoms. The number of hydrogen-bond donors (Lipinski definition) is 1. The van der Waals surface area contributed by atoms with E-state index in [0.717, 1.165) is 59.0 Å². The van der Waals surface area contributed by atoms with Crippen LogP contribution in [-0.2, 0) is 7.05 Å². The number of aryl methyl sites for hydroxylation is 3. The van der Waals surface area contributed by atoms with Gasteiger partial charge in [-0.25, -0.2) is 14.8 Å². The highest BCUT2D eigenvalue weighted by atomic mass is 16.2. The first kappa shape index (κ1) is 21.3. The number of fused-ring (bicyclic) bond motifs is 4. The molecule has 6 heterocycles. The zero-order valence-electron chi connectivity index (χ0n) is 19.9. The summed E-state index contributed by atoms with van der Waals surface area (Å²) in [5.74, 6) is 1.18. The van der Waals surface area contributed by atoms with E-state index in [2.05, 4.69) is 31.3 Å². The van der Waals surface area contributed by atoms with Crippen LogP contribution in [0.25, 0.3) is 22.4 Å². The van der Waals surface area contributed by atoms with Gasteiger partial charge in [-0.05, 0) is 62.2 Å². The van der Waals surface area contributed by atoms with Gasteiger partial charge in [-0.2, -0.15) is 5.10 Å². The molecule has 9 heteroatoms. The molecule has 9 nitrogen and oxygen atoms in total. The highest BCUT2D eigenvalue weighted by Crippen LogP contribution is 2.40. The Hall–Kier alpha value is -4.27. The minimum absolute atomic E-state index is 0.0631. The minimum Gasteiger partial charge on any atom is -0.366 e. The average Bonchev–Trinajstić information content (AvgIpc) is 3.42. The molecular weight excluding hydrogens is 440 g/mol. The summed E-state index contributed by atoms with van der Waals surface area (Å²) >= 11 is 0. The van der Waals surface area contributed by atoms with Gasteiger partial charge >= 0.3 is 6.03 Å². The molecule has 0 saturated carbocycles. The maximum Gasteiger partial charge on any atom is 0.329 e. The summed E-state index contributed by atoms with van der Waals surface area (Å²) in [6.07, 6.45) is 6.36. The highest BCUT2D eigenvalue weighted by Gasteiger charge is 2.40. The number of amides is 2. The number of urea groups is 1. The number of carbonyl (C=O) groups is 1. The lowest BCUT2D eigenvalue weighted by molar-refractivity contribution is 0.254. The van der Waals surface area contributed by atoms with Crippen molar-refractivity contribution in [2.75, 3.05) is 28.2 Å². The predicted molar refractivity (Wildman–Crippen MR) is 135 cm³/mol. The van der Waals surface area contributed by atoms with Crippen LogP contribution >= 0.6 is 0 Å². The van der Waals surface area contributed by atoms with Crippen LogP contribution < -0.4 is 15.1 Å². The van der Waals surface area contributed by atoms with E-state index in [9.17, 15) is 4.79 Å². The number of nitrogens with zero attached hydrogens (tertiary/aromatic N) is 7. The normalized spacial score (nSPS) is 16.4. The van der Waals surface area contributed by atoms with Gasteiger partial charge in [0.15, 0.2) is 5.82 Å². The van der Waals surface area contributed by atoms with Crippen molar-refractivity contribution in [1.29, 1.82) is 0 Å². The molecule has 1 fully saturated rings. The molecule has 2 aliphatic heterocycles. The van der Waals surface area contributed by atoms with E-state index in [4.69, 9.17) is 4.98 Å². The average molecular weight is 467 g/mol. The van der Waals surface area contributed by atoms with Crippen molar-refractivity contribution in [2.24, 2.45) is 7.05 Å². The lowest BCUT2D eigenvalue weighted by Gasteiger charge is -2.35. The summed E-state index contributed by atoms with van der Waals surface area (Å²) in [5, 5.41) is 7.44. The Morgan fingerprint density at radius 2 is 1.89 bits per heavy atom. The third-order valence-electron chi connectivity index (χ3n) is 6.68. The van der Waals surface area contributed by atoms with E-state index in [1.54, 1.807) is 22.0 Å². The van der Waals surface area contributed by atoms with Crippen molar-refractivity contribution in [1.82, 2.24) is 24.7 Å². The molecule has 2 aliphatic rings. The number of carbonyl (C=O) groups excluding carboxylic acids is 1. The lowest BCUT2D eigenvalue weighted by atomic mass is 10.1. The van der Waals surface area contributed by atoms with E-state index in [1.807, 2.05) is 57.4 Å². The van der Waals surface area contributed by atoms with E-state index in [0.29, 0.717) is 11.6 Å². The van der Waals surface area contributed by atoms with E-state index in [-0.39, 0.29) is 12.1 Å². The Labute approximate surface area is 203 Å². The van der Waals surface area contributed by atoms with Gasteiger partial charge in [0.05, 0.1) is 23.1 Å². The SMILES string of the molecule is Cc1cc(-c2ccc3c(n2)N(C(=O)Nc2cc(-c4cn(C)nc4C)ccn2)[C@H]2CCN3C2)ccn1. The number of nitrogens with one attached hydrogen (secondary N) is 1. The fourth-order valence-electron chi connectivity index (χ4n) is 5.06. The summed E-state index contributed by atoms with van der Waals surface area (Å²) in [7, 11) is 1.90. The zero-order valence-corrected chi connectivity index (χ0v) is 19.9. The Kier molecular flexibility index (Phi) is 4.98.